The number of ether oxygens (including phenoxy) is 3. The minimum absolute atomic E-state index is 0.0611. The summed E-state index contributed by atoms with van der Waals surface area (Å²) in [5.41, 5.74) is 1.03. The van der Waals surface area contributed by atoms with Crippen LogP contribution in [0.3, 0.4) is 0 Å². The van der Waals surface area contributed by atoms with E-state index in [1.54, 1.807) is 0 Å². The SMILES string of the molecule is COc1cc(CNC(=O)COC(=O)c2cccc(C#N)c2)ccc1OC(F)F. The number of benzene rings is 2. The van der Waals surface area contributed by atoms with E-state index in [1.807, 2.05) is 6.07 Å². The van der Waals surface area contributed by atoms with Crippen LogP contribution in [-0.2, 0) is 16.1 Å². The molecule has 0 unspecified atom stereocenters. The number of amides is 1. The molecule has 0 saturated heterocycles. The van der Waals surface area contributed by atoms with Gasteiger partial charge in [-0.05, 0) is 35.9 Å². The first kappa shape index (κ1) is 20.6. The second kappa shape index (κ2) is 9.87. The third-order valence-electron chi connectivity index (χ3n) is 3.50. The molecule has 0 aliphatic carbocycles. The minimum atomic E-state index is -2.98. The van der Waals surface area contributed by atoms with Crippen molar-refractivity contribution in [2.75, 3.05) is 13.7 Å². The highest BCUT2D eigenvalue weighted by molar-refractivity contribution is 5.91. The first-order valence-corrected chi connectivity index (χ1v) is 7.98. The maximum atomic E-state index is 12.3. The Morgan fingerprint density at radius 2 is 1.96 bits per heavy atom. The molecule has 28 heavy (non-hydrogen) atoms. The highest BCUT2D eigenvalue weighted by atomic mass is 19.3. The van der Waals surface area contributed by atoms with Gasteiger partial charge in [-0.2, -0.15) is 14.0 Å². The van der Waals surface area contributed by atoms with E-state index >= 15 is 0 Å². The summed E-state index contributed by atoms with van der Waals surface area (Å²) in [5.74, 6) is -1.32. The molecule has 0 aliphatic heterocycles. The summed E-state index contributed by atoms with van der Waals surface area (Å²) in [7, 11) is 1.30. The second-order valence-corrected chi connectivity index (χ2v) is 5.41. The van der Waals surface area contributed by atoms with Gasteiger partial charge in [0.15, 0.2) is 18.1 Å². The summed E-state index contributed by atoms with van der Waals surface area (Å²) in [6.45, 7) is -3.44. The molecule has 0 radical (unpaired) electrons. The number of nitrogens with zero attached hydrogens (tertiary/aromatic N) is 1. The lowest BCUT2D eigenvalue weighted by atomic mass is 10.1. The van der Waals surface area contributed by atoms with Gasteiger partial charge in [0.25, 0.3) is 5.91 Å². The molecule has 0 atom stereocenters. The van der Waals surface area contributed by atoms with E-state index in [0.717, 1.165) is 0 Å². The normalized spacial score (nSPS) is 10.1. The summed E-state index contributed by atoms with van der Waals surface area (Å²) < 4.78 is 38.8. The van der Waals surface area contributed by atoms with Gasteiger partial charge in [-0.25, -0.2) is 4.79 Å². The number of carbonyl (C=O) groups is 2. The van der Waals surface area contributed by atoms with E-state index in [4.69, 9.17) is 14.7 Å². The van der Waals surface area contributed by atoms with Crippen molar-refractivity contribution in [3.63, 3.8) is 0 Å². The third-order valence-corrected chi connectivity index (χ3v) is 3.50. The fourth-order valence-electron chi connectivity index (χ4n) is 2.20. The zero-order valence-electron chi connectivity index (χ0n) is 14.8. The van der Waals surface area contributed by atoms with E-state index in [9.17, 15) is 18.4 Å². The standard InChI is InChI=1S/C19H16F2N2O5/c1-26-16-8-13(5-6-15(16)28-19(20)21)10-23-17(24)11-27-18(25)14-4-2-3-12(7-14)9-22/h2-8,19H,10-11H2,1H3,(H,23,24). The lowest BCUT2D eigenvalue weighted by Gasteiger charge is -2.12. The number of nitriles is 1. The molecule has 0 saturated carbocycles. The van der Waals surface area contributed by atoms with Crippen molar-refractivity contribution in [2.45, 2.75) is 13.2 Å². The van der Waals surface area contributed by atoms with Crippen LogP contribution in [0.15, 0.2) is 42.5 Å². The lowest BCUT2D eigenvalue weighted by Crippen LogP contribution is -2.28. The molecule has 0 bridgehead atoms. The topological polar surface area (TPSA) is 97.6 Å². The number of methoxy groups -OCH3 is 1. The highest BCUT2D eigenvalue weighted by Gasteiger charge is 2.13. The van der Waals surface area contributed by atoms with E-state index < -0.39 is 25.1 Å². The molecule has 7 nitrogen and oxygen atoms in total. The monoisotopic (exact) mass is 390 g/mol. The van der Waals surface area contributed by atoms with Crippen LogP contribution in [0.4, 0.5) is 8.78 Å². The molecule has 1 N–H and O–H groups in total. The van der Waals surface area contributed by atoms with Crippen LogP contribution >= 0.6 is 0 Å². The Kier molecular flexibility index (Phi) is 7.28. The zero-order chi connectivity index (χ0) is 20.5. The number of hydrogen-bond donors (Lipinski definition) is 1. The van der Waals surface area contributed by atoms with Crippen molar-refractivity contribution in [3.05, 3.63) is 59.2 Å². The van der Waals surface area contributed by atoms with Gasteiger partial charge in [0, 0.05) is 6.54 Å². The number of halogens is 2. The predicted molar refractivity (Wildman–Crippen MR) is 92.9 cm³/mol. The average molecular weight is 390 g/mol. The van der Waals surface area contributed by atoms with Crippen molar-refractivity contribution in [3.8, 4) is 17.6 Å². The fourth-order valence-corrected chi connectivity index (χ4v) is 2.20. The molecule has 1 amide bonds. The zero-order valence-corrected chi connectivity index (χ0v) is 14.8. The molecular formula is C19H16F2N2O5. The van der Waals surface area contributed by atoms with Gasteiger partial charge in [-0.15, -0.1) is 0 Å². The summed E-state index contributed by atoms with van der Waals surface area (Å²) in [6.07, 6.45) is 0. The fraction of sp³-hybridized carbons (Fsp3) is 0.211. The molecule has 0 fully saturated rings. The molecular weight excluding hydrogens is 374 g/mol. The molecule has 2 rings (SSSR count). The first-order valence-electron chi connectivity index (χ1n) is 7.98. The number of esters is 1. The van der Waals surface area contributed by atoms with Crippen molar-refractivity contribution < 1.29 is 32.6 Å². The maximum absolute atomic E-state index is 12.3. The van der Waals surface area contributed by atoms with Crippen LogP contribution in [0.1, 0.15) is 21.5 Å². The maximum Gasteiger partial charge on any atom is 0.387 e. The first-order chi connectivity index (χ1) is 13.4. The van der Waals surface area contributed by atoms with Gasteiger partial charge in [0.05, 0.1) is 24.3 Å². The van der Waals surface area contributed by atoms with Gasteiger partial charge in [-0.3, -0.25) is 4.79 Å². The molecule has 0 heterocycles. The van der Waals surface area contributed by atoms with Gasteiger partial charge >= 0.3 is 12.6 Å². The van der Waals surface area contributed by atoms with E-state index in [1.165, 1.54) is 49.6 Å². The molecule has 2 aromatic carbocycles. The van der Waals surface area contributed by atoms with Crippen molar-refractivity contribution in [1.29, 1.82) is 5.26 Å². The number of nitrogens with one attached hydrogen (secondary N) is 1. The van der Waals surface area contributed by atoms with Gasteiger partial charge in [-0.1, -0.05) is 12.1 Å². The van der Waals surface area contributed by atoms with E-state index in [0.29, 0.717) is 11.1 Å². The van der Waals surface area contributed by atoms with Crippen LogP contribution in [0.25, 0.3) is 0 Å². The van der Waals surface area contributed by atoms with Gasteiger partial charge in [0.2, 0.25) is 0 Å². The Morgan fingerprint density at radius 3 is 2.64 bits per heavy atom. The van der Waals surface area contributed by atoms with Crippen LogP contribution < -0.4 is 14.8 Å². The number of carbonyl (C=O) groups excluding carboxylic acids is 2. The molecule has 146 valence electrons. The lowest BCUT2D eigenvalue weighted by molar-refractivity contribution is -0.124. The third kappa shape index (κ3) is 5.95. The van der Waals surface area contributed by atoms with E-state index in [2.05, 4.69) is 10.1 Å². The Hall–Kier alpha value is -3.67. The smallest absolute Gasteiger partial charge is 0.387 e. The molecule has 0 spiro atoms. The molecule has 0 aromatic heterocycles. The summed E-state index contributed by atoms with van der Waals surface area (Å²) in [6, 6.07) is 12.0. The van der Waals surface area contributed by atoms with Crippen molar-refractivity contribution >= 4 is 11.9 Å². The summed E-state index contributed by atoms with van der Waals surface area (Å²) >= 11 is 0. The highest BCUT2D eigenvalue weighted by Crippen LogP contribution is 2.29. The van der Waals surface area contributed by atoms with Crippen molar-refractivity contribution in [2.24, 2.45) is 0 Å². The van der Waals surface area contributed by atoms with Gasteiger partial charge < -0.3 is 19.5 Å². The van der Waals surface area contributed by atoms with E-state index in [-0.39, 0.29) is 23.6 Å². The summed E-state index contributed by atoms with van der Waals surface area (Å²) in [5, 5.41) is 11.3. The predicted octanol–water partition coefficient (Wildman–Crippen LogP) is 2.64. The van der Waals surface area contributed by atoms with Crippen molar-refractivity contribution in [1.82, 2.24) is 5.32 Å². The Bertz CT molecular complexity index is 896. The van der Waals surface area contributed by atoms with Crippen LogP contribution in [0.2, 0.25) is 0 Å². The Morgan fingerprint density at radius 1 is 1.18 bits per heavy atom. The van der Waals surface area contributed by atoms with Crippen LogP contribution in [-0.4, -0.2) is 32.2 Å². The number of rotatable bonds is 8. The quantitative estimate of drug-likeness (QED) is 0.696. The number of hydrogen-bond acceptors (Lipinski definition) is 6. The molecule has 0 aliphatic rings. The Balaban J connectivity index is 1.86. The summed E-state index contributed by atoms with van der Waals surface area (Å²) in [4.78, 5) is 23.7. The largest absolute Gasteiger partial charge is 0.493 e. The van der Waals surface area contributed by atoms with Crippen LogP contribution in [0.5, 0.6) is 11.5 Å². The Labute approximate surface area is 159 Å². The number of alkyl halides is 2. The molecule has 9 heteroatoms. The molecule has 2 aromatic rings. The average Bonchev–Trinajstić information content (AvgIpc) is 2.70. The second-order valence-electron chi connectivity index (χ2n) is 5.41. The minimum Gasteiger partial charge on any atom is -0.493 e. The van der Waals surface area contributed by atoms with Crippen LogP contribution in [0, 0.1) is 11.3 Å². The van der Waals surface area contributed by atoms with Gasteiger partial charge in [0.1, 0.15) is 0 Å².